The third-order valence-corrected chi connectivity index (χ3v) is 8.53. The van der Waals surface area contributed by atoms with Gasteiger partial charge >= 0.3 is 0 Å². The van der Waals surface area contributed by atoms with Crippen molar-refractivity contribution in [3.63, 3.8) is 0 Å². The molecule has 0 atom stereocenters. The summed E-state index contributed by atoms with van der Waals surface area (Å²) in [6, 6.07) is 52.3. The van der Waals surface area contributed by atoms with E-state index in [0.29, 0.717) is 17.5 Å². The van der Waals surface area contributed by atoms with Crippen LogP contribution >= 0.6 is 0 Å². The lowest BCUT2D eigenvalue weighted by atomic mass is 9.94. The molecule has 0 bridgehead atoms. The molecule has 45 heavy (non-hydrogen) atoms. The maximum Gasteiger partial charge on any atom is 0.164 e. The summed E-state index contributed by atoms with van der Waals surface area (Å²) in [5.74, 6) is 1.87. The minimum Gasteiger partial charge on any atom is -0.456 e. The molecule has 9 rings (SSSR count). The normalized spacial score (nSPS) is 11.6. The van der Waals surface area contributed by atoms with Crippen molar-refractivity contribution in [2.24, 2.45) is 0 Å². The Labute approximate surface area is 259 Å². The number of para-hydroxylation sites is 1. The zero-order valence-corrected chi connectivity index (χ0v) is 24.2. The Balaban J connectivity index is 1.29. The molecule has 2 aromatic heterocycles. The molecule has 0 unspecified atom stereocenters. The van der Waals surface area contributed by atoms with Crippen LogP contribution in [-0.4, -0.2) is 15.0 Å². The highest BCUT2D eigenvalue weighted by atomic mass is 16.3. The van der Waals surface area contributed by atoms with Gasteiger partial charge < -0.3 is 4.42 Å². The van der Waals surface area contributed by atoms with Gasteiger partial charge in [-0.25, -0.2) is 15.0 Å². The smallest absolute Gasteiger partial charge is 0.164 e. The van der Waals surface area contributed by atoms with Gasteiger partial charge in [-0.15, -0.1) is 0 Å². The Hall–Kier alpha value is -6.13. The van der Waals surface area contributed by atoms with Gasteiger partial charge in [0.05, 0.1) is 0 Å². The lowest BCUT2D eigenvalue weighted by Crippen LogP contribution is -2.01. The Bertz CT molecular complexity index is 2550. The molecular formula is C41H25N3O. The molecule has 210 valence electrons. The fourth-order valence-electron chi connectivity index (χ4n) is 6.41. The minimum atomic E-state index is 0.610. The van der Waals surface area contributed by atoms with Gasteiger partial charge in [0.15, 0.2) is 17.5 Å². The van der Waals surface area contributed by atoms with Gasteiger partial charge in [0.1, 0.15) is 11.2 Å². The molecule has 0 fully saturated rings. The van der Waals surface area contributed by atoms with E-state index in [4.69, 9.17) is 19.4 Å². The maximum absolute atomic E-state index is 6.21. The summed E-state index contributed by atoms with van der Waals surface area (Å²) >= 11 is 0. The van der Waals surface area contributed by atoms with Crippen LogP contribution in [0.25, 0.3) is 88.8 Å². The van der Waals surface area contributed by atoms with Crippen LogP contribution in [0.3, 0.4) is 0 Å². The highest BCUT2D eigenvalue weighted by Gasteiger charge is 2.19. The Morgan fingerprint density at radius 2 is 0.956 bits per heavy atom. The van der Waals surface area contributed by atoms with Crippen LogP contribution in [0.2, 0.25) is 0 Å². The van der Waals surface area contributed by atoms with Crippen LogP contribution < -0.4 is 0 Å². The SMILES string of the molecule is c1ccc(-c2nc(-c3cccc4c(-c5ccc6ccccc6c5)cccc34)nc(-c3cccc4oc5ccccc5c34)n2)cc1. The average molecular weight is 576 g/mol. The van der Waals surface area contributed by atoms with Gasteiger partial charge in [-0.3, -0.25) is 0 Å². The molecule has 0 amide bonds. The monoisotopic (exact) mass is 575 g/mol. The fourth-order valence-corrected chi connectivity index (χ4v) is 6.41. The van der Waals surface area contributed by atoms with Crippen molar-refractivity contribution in [3.8, 4) is 45.3 Å². The summed E-state index contributed by atoms with van der Waals surface area (Å²) in [5, 5.41) is 6.73. The largest absolute Gasteiger partial charge is 0.456 e. The summed E-state index contributed by atoms with van der Waals surface area (Å²) in [7, 11) is 0. The number of nitrogens with zero attached hydrogens (tertiary/aromatic N) is 3. The molecule has 0 N–H and O–H groups in total. The molecule has 0 saturated heterocycles. The van der Waals surface area contributed by atoms with Gasteiger partial charge in [-0.05, 0) is 50.9 Å². The second-order valence-corrected chi connectivity index (χ2v) is 11.2. The number of hydrogen-bond donors (Lipinski definition) is 0. The molecule has 4 nitrogen and oxygen atoms in total. The highest BCUT2D eigenvalue weighted by Crippen LogP contribution is 2.38. The molecule has 0 saturated carbocycles. The number of hydrogen-bond acceptors (Lipinski definition) is 4. The fraction of sp³-hybridized carbons (Fsp3) is 0. The minimum absolute atomic E-state index is 0.610. The molecule has 2 heterocycles. The lowest BCUT2D eigenvalue weighted by molar-refractivity contribution is 0.669. The summed E-state index contributed by atoms with van der Waals surface area (Å²) in [4.78, 5) is 15.3. The quantitative estimate of drug-likeness (QED) is 0.209. The third-order valence-electron chi connectivity index (χ3n) is 8.53. The van der Waals surface area contributed by atoms with E-state index in [2.05, 4.69) is 91.0 Å². The first-order valence-corrected chi connectivity index (χ1v) is 15.0. The van der Waals surface area contributed by atoms with Crippen molar-refractivity contribution < 1.29 is 4.42 Å². The summed E-state index contributed by atoms with van der Waals surface area (Å²) in [6.45, 7) is 0. The molecule has 0 radical (unpaired) electrons. The van der Waals surface area contributed by atoms with E-state index in [1.165, 1.54) is 21.9 Å². The third kappa shape index (κ3) is 4.27. The average Bonchev–Trinajstić information content (AvgIpc) is 3.50. The van der Waals surface area contributed by atoms with Crippen molar-refractivity contribution in [3.05, 3.63) is 152 Å². The predicted octanol–water partition coefficient (Wildman–Crippen LogP) is 10.7. The molecule has 0 aliphatic carbocycles. The Kier molecular flexibility index (Phi) is 5.78. The van der Waals surface area contributed by atoms with Crippen molar-refractivity contribution >= 4 is 43.5 Å². The zero-order valence-electron chi connectivity index (χ0n) is 24.2. The predicted molar refractivity (Wildman–Crippen MR) is 184 cm³/mol. The van der Waals surface area contributed by atoms with E-state index in [1.54, 1.807) is 0 Å². The van der Waals surface area contributed by atoms with Crippen LogP contribution in [-0.2, 0) is 0 Å². The molecule has 0 spiro atoms. The molecular weight excluding hydrogens is 550 g/mol. The van der Waals surface area contributed by atoms with Gasteiger partial charge in [0.25, 0.3) is 0 Å². The first kappa shape index (κ1) is 25.4. The number of benzene rings is 7. The van der Waals surface area contributed by atoms with Gasteiger partial charge in [0, 0.05) is 27.5 Å². The van der Waals surface area contributed by atoms with E-state index in [-0.39, 0.29) is 0 Å². The van der Waals surface area contributed by atoms with Crippen molar-refractivity contribution in [2.45, 2.75) is 0 Å². The van der Waals surface area contributed by atoms with Gasteiger partial charge in [0.2, 0.25) is 0 Å². The Morgan fingerprint density at radius 3 is 1.82 bits per heavy atom. The van der Waals surface area contributed by atoms with E-state index in [0.717, 1.165) is 49.4 Å². The van der Waals surface area contributed by atoms with E-state index < -0.39 is 0 Å². The number of furan rings is 1. The summed E-state index contributed by atoms with van der Waals surface area (Å²) in [6.07, 6.45) is 0. The second-order valence-electron chi connectivity index (χ2n) is 11.2. The number of rotatable bonds is 4. The summed E-state index contributed by atoms with van der Waals surface area (Å²) < 4.78 is 6.21. The van der Waals surface area contributed by atoms with Crippen LogP contribution in [0.5, 0.6) is 0 Å². The topological polar surface area (TPSA) is 51.8 Å². The van der Waals surface area contributed by atoms with Crippen molar-refractivity contribution in [2.75, 3.05) is 0 Å². The van der Waals surface area contributed by atoms with Crippen molar-refractivity contribution in [1.29, 1.82) is 0 Å². The standard InChI is InChI=1S/C41H25N3O/c1-2-12-27(13-3-1)39-42-40(44-41(43-39)35-20-10-22-37-38(35)34-15-6-7-21-36(34)45-37)33-19-9-17-31-30(16-8-18-32(31)33)29-24-23-26-11-4-5-14-28(26)25-29/h1-25H. The molecule has 9 aromatic rings. The molecule has 0 aliphatic rings. The van der Waals surface area contributed by atoms with Crippen molar-refractivity contribution in [1.82, 2.24) is 15.0 Å². The first-order valence-electron chi connectivity index (χ1n) is 15.0. The highest BCUT2D eigenvalue weighted by molar-refractivity contribution is 6.12. The Morgan fingerprint density at radius 1 is 0.356 bits per heavy atom. The van der Waals surface area contributed by atoms with Gasteiger partial charge in [-0.1, -0.05) is 133 Å². The van der Waals surface area contributed by atoms with Crippen LogP contribution in [0.4, 0.5) is 0 Å². The van der Waals surface area contributed by atoms with Gasteiger partial charge in [-0.2, -0.15) is 0 Å². The number of fused-ring (bicyclic) bond motifs is 5. The maximum atomic E-state index is 6.21. The van der Waals surface area contributed by atoms with Crippen LogP contribution in [0, 0.1) is 0 Å². The lowest BCUT2D eigenvalue weighted by Gasteiger charge is -2.13. The first-order chi connectivity index (χ1) is 22.3. The molecule has 4 heteroatoms. The van der Waals surface area contributed by atoms with E-state index >= 15 is 0 Å². The molecule has 0 aliphatic heterocycles. The second kappa shape index (κ2) is 10.2. The zero-order chi connectivity index (χ0) is 29.7. The number of aromatic nitrogens is 3. The van der Waals surface area contributed by atoms with E-state index in [9.17, 15) is 0 Å². The summed E-state index contributed by atoms with van der Waals surface area (Å²) in [5.41, 5.74) is 6.80. The van der Waals surface area contributed by atoms with Crippen LogP contribution in [0.15, 0.2) is 156 Å². The van der Waals surface area contributed by atoms with E-state index in [1.807, 2.05) is 60.7 Å². The molecule has 7 aromatic carbocycles. The van der Waals surface area contributed by atoms with Crippen LogP contribution in [0.1, 0.15) is 0 Å².